The molecule has 0 saturated heterocycles. The maximum absolute atomic E-state index is 2.70. The molecule has 0 heterocycles. The predicted octanol–water partition coefficient (Wildman–Crippen LogP) is 8.65. The second kappa shape index (κ2) is 9.94. The van der Waals surface area contributed by atoms with Crippen LogP contribution in [0.4, 0.5) is 0 Å². The molecule has 0 bridgehead atoms. The van der Waals surface area contributed by atoms with Gasteiger partial charge in [0.1, 0.15) is 0 Å². The molecule has 0 spiro atoms. The number of hydrogen-bond donors (Lipinski definition) is 0. The van der Waals surface area contributed by atoms with Gasteiger partial charge in [0.2, 0.25) is 0 Å². The summed E-state index contributed by atoms with van der Waals surface area (Å²) < 4.78 is 2.59. The Morgan fingerprint density at radius 3 is 2.19 bits per heavy atom. The van der Waals surface area contributed by atoms with Crippen LogP contribution in [0.25, 0.3) is 5.57 Å². The number of fused-ring (bicyclic) bond motifs is 1. The molecule has 0 aromatic heterocycles. The molecular weight excluding hydrogens is 480 g/mol. The van der Waals surface area contributed by atoms with Gasteiger partial charge in [-0.25, -0.2) is 0 Å². The molecule has 0 saturated carbocycles. The Morgan fingerprint density at radius 2 is 1.59 bits per heavy atom. The van der Waals surface area contributed by atoms with E-state index in [1.807, 2.05) is 3.28 Å². The van der Waals surface area contributed by atoms with Crippen molar-refractivity contribution in [2.45, 2.75) is 70.6 Å². The van der Waals surface area contributed by atoms with Crippen LogP contribution in [0.3, 0.4) is 0 Å². The summed E-state index contributed by atoms with van der Waals surface area (Å²) in [4.78, 5) is 0. The average Bonchev–Trinajstić information content (AvgIpc) is 3.26. The van der Waals surface area contributed by atoms with E-state index in [-0.39, 0.29) is 5.43 Å². The summed E-state index contributed by atoms with van der Waals surface area (Å²) in [6.07, 6.45) is 6.44. The number of hydrogen-bond acceptors (Lipinski definition) is 0. The van der Waals surface area contributed by atoms with Crippen molar-refractivity contribution in [3.63, 3.8) is 0 Å². The Morgan fingerprint density at radius 1 is 0.906 bits per heavy atom. The zero-order valence-corrected chi connectivity index (χ0v) is 24.4. The van der Waals surface area contributed by atoms with E-state index in [1.54, 1.807) is 22.3 Å². The van der Waals surface area contributed by atoms with Gasteiger partial charge in [-0.15, -0.1) is 0 Å². The Balaban J connectivity index is 1.80. The summed E-state index contributed by atoms with van der Waals surface area (Å²) in [5, 5.41) is 0. The molecule has 2 aromatic rings. The third-order valence-corrected chi connectivity index (χ3v) is 26.4. The molecule has 0 amide bonds. The SMILES string of the molecule is CCCCc1ccc(C2=C[CH]([Zr]([C]3=C(C)C(C)=C(C)C3C)=[Si](C)C)c3ccccc32)cc1. The monoisotopic (exact) mass is 516 g/mol. The second-order valence-corrected chi connectivity index (χ2v) is 27.4. The van der Waals surface area contributed by atoms with Gasteiger partial charge in [-0.2, -0.15) is 0 Å². The topological polar surface area (TPSA) is 0 Å². The first-order valence-electron chi connectivity index (χ1n) is 12.3. The van der Waals surface area contributed by atoms with Crippen LogP contribution in [0.2, 0.25) is 13.1 Å². The Bertz CT molecular complexity index is 1150. The van der Waals surface area contributed by atoms with Crippen molar-refractivity contribution in [2.24, 2.45) is 5.92 Å². The van der Waals surface area contributed by atoms with E-state index in [1.165, 1.54) is 41.5 Å². The summed E-state index contributed by atoms with van der Waals surface area (Å²) >= 11 is -1.91. The van der Waals surface area contributed by atoms with Crippen LogP contribution < -0.4 is 0 Å². The van der Waals surface area contributed by atoms with Crippen LogP contribution in [-0.2, 0) is 26.8 Å². The van der Waals surface area contributed by atoms with Gasteiger partial charge >= 0.3 is 205 Å². The zero-order chi connectivity index (χ0) is 23.0. The first kappa shape index (κ1) is 23.9. The summed E-state index contributed by atoms with van der Waals surface area (Å²) in [5.41, 5.74) is 12.0. The quantitative estimate of drug-likeness (QED) is 0.336. The predicted molar refractivity (Wildman–Crippen MR) is 139 cm³/mol. The van der Waals surface area contributed by atoms with Crippen LogP contribution in [0, 0.1) is 5.92 Å². The Labute approximate surface area is 203 Å². The van der Waals surface area contributed by atoms with Gasteiger partial charge < -0.3 is 0 Å². The number of unbranched alkanes of at least 4 members (excludes halogenated alkanes) is 1. The molecule has 2 aliphatic carbocycles. The fourth-order valence-electron chi connectivity index (χ4n) is 5.63. The van der Waals surface area contributed by atoms with Crippen molar-refractivity contribution in [2.75, 3.05) is 0 Å². The number of rotatable bonds is 6. The summed E-state index contributed by atoms with van der Waals surface area (Å²) in [6.45, 7) is 17.1. The first-order chi connectivity index (χ1) is 15.3. The van der Waals surface area contributed by atoms with Crippen LogP contribution >= 0.6 is 0 Å². The molecular formula is C30H38SiZr. The molecule has 2 aliphatic rings. The van der Waals surface area contributed by atoms with Gasteiger partial charge in [-0.1, -0.05) is 0 Å². The van der Waals surface area contributed by atoms with Gasteiger partial charge in [0.15, 0.2) is 0 Å². The summed E-state index contributed by atoms with van der Waals surface area (Å²) in [7, 11) is 0. The molecule has 0 nitrogen and oxygen atoms in total. The molecule has 0 radical (unpaired) electrons. The van der Waals surface area contributed by atoms with Crippen molar-refractivity contribution >= 4 is 11.0 Å². The van der Waals surface area contributed by atoms with Gasteiger partial charge in [-0.3, -0.25) is 0 Å². The summed E-state index contributed by atoms with van der Waals surface area (Å²) in [6, 6.07) is 18.8. The Hall–Kier alpha value is -1.24. The van der Waals surface area contributed by atoms with E-state index in [9.17, 15) is 0 Å². The molecule has 4 rings (SSSR count). The molecule has 2 unspecified atom stereocenters. The molecule has 0 fully saturated rings. The minimum atomic E-state index is -1.91. The van der Waals surface area contributed by atoms with Gasteiger partial charge in [0, 0.05) is 0 Å². The maximum atomic E-state index is 2.70. The van der Waals surface area contributed by atoms with E-state index in [0.717, 1.165) is 0 Å². The average molecular weight is 518 g/mol. The zero-order valence-electron chi connectivity index (χ0n) is 21.0. The number of aryl methyl sites for hydroxylation is 1. The van der Waals surface area contributed by atoms with Gasteiger partial charge in [0.05, 0.1) is 0 Å². The minimum absolute atomic E-state index is 0.346. The van der Waals surface area contributed by atoms with Gasteiger partial charge in [-0.05, 0) is 0 Å². The summed E-state index contributed by atoms with van der Waals surface area (Å²) in [5.74, 6) is 0.659. The van der Waals surface area contributed by atoms with E-state index >= 15 is 0 Å². The molecule has 2 heteroatoms. The van der Waals surface area contributed by atoms with E-state index in [4.69, 9.17) is 0 Å². The Kier molecular flexibility index (Phi) is 7.43. The van der Waals surface area contributed by atoms with E-state index < -0.39 is 20.4 Å². The standard InChI is InChI=1S/C19H19.C9H13.C2H6Si.Zr/c1-2-3-6-15-9-11-17(12-10-15)19-14-13-16-7-4-5-8-18(16)19;1-6-5-7(2)9(4)8(6)3;1-3-2;/h4-5,7-14H,2-3,6H2,1H3;6H,1-4H3;1-2H3;. The first-order valence-corrected chi connectivity index (χ1v) is 21.1. The fourth-order valence-corrected chi connectivity index (χ4v) is 25.3. The van der Waals surface area contributed by atoms with Crippen LogP contribution in [0.5, 0.6) is 0 Å². The van der Waals surface area contributed by atoms with Crippen molar-refractivity contribution in [1.82, 2.24) is 0 Å². The normalized spacial score (nSPS) is 20.0. The fraction of sp³-hybridized carbons (Fsp3) is 0.400. The third kappa shape index (κ3) is 4.30. The molecule has 0 aliphatic heterocycles. The van der Waals surface area contributed by atoms with E-state index in [0.29, 0.717) is 9.54 Å². The van der Waals surface area contributed by atoms with Crippen LogP contribution in [0.1, 0.15) is 73.3 Å². The van der Waals surface area contributed by atoms with Crippen molar-refractivity contribution < 1.29 is 20.4 Å². The molecule has 166 valence electrons. The molecule has 32 heavy (non-hydrogen) atoms. The van der Waals surface area contributed by atoms with Crippen molar-refractivity contribution in [1.29, 1.82) is 0 Å². The molecule has 2 aromatic carbocycles. The second-order valence-electron chi connectivity index (χ2n) is 9.93. The van der Waals surface area contributed by atoms with Crippen LogP contribution in [-0.4, -0.2) is 5.43 Å². The van der Waals surface area contributed by atoms with Gasteiger partial charge in [0.25, 0.3) is 0 Å². The van der Waals surface area contributed by atoms with Crippen molar-refractivity contribution in [3.8, 4) is 0 Å². The van der Waals surface area contributed by atoms with Crippen molar-refractivity contribution in [3.05, 3.63) is 96.9 Å². The molecule has 0 N–H and O–H groups in total. The number of allylic oxidation sites excluding steroid dienone is 5. The number of benzene rings is 2. The third-order valence-electron chi connectivity index (χ3n) is 7.78. The van der Waals surface area contributed by atoms with Crippen LogP contribution in [0.15, 0.2) is 74.6 Å². The van der Waals surface area contributed by atoms with E-state index in [2.05, 4.69) is 102 Å². The molecule has 2 atom stereocenters.